The van der Waals surface area contributed by atoms with Crippen LogP contribution in [0.15, 0.2) is 53.9 Å². The lowest BCUT2D eigenvalue weighted by atomic mass is 9.96. The lowest BCUT2D eigenvalue weighted by Crippen LogP contribution is -1.82. The Morgan fingerprint density at radius 3 is 2.67 bits per heavy atom. The second-order valence-corrected chi connectivity index (χ2v) is 5.68. The Morgan fingerprint density at radius 2 is 1.72 bits per heavy atom. The van der Waals surface area contributed by atoms with E-state index in [9.17, 15) is 0 Å². The van der Waals surface area contributed by atoms with E-state index >= 15 is 0 Å². The summed E-state index contributed by atoms with van der Waals surface area (Å²) in [5.41, 5.74) is 1.37. The van der Waals surface area contributed by atoms with Crippen LogP contribution in [0.4, 0.5) is 0 Å². The third-order valence-corrected chi connectivity index (χ3v) is 4.52. The molecule has 0 nitrogen and oxygen atoms in total. The van der Waals surface area contributed by atoms with Gasteiger partial charge in [0.25, 0.3) is 0 Å². The van der Waals surface area contributed by atoms with Crippen LogP contribution < -0.4 is 0 Å². The Morgan fingerprint density at radius 1 is 0.833 bits per heavy atom. The molecule has 0 saturated carbocycles. The average Bonchev–Trinajstić information content (AvgIpc) is 2.86. The Kier molecular flexibility index (Phi) is 2.00. The van der Waals surface area contributed by atoms with E-state index in [1.165, 1.54) is 37.2 Å². The van der Waals surface area contributed by atoms with Crippen molar-refractivity contribution in [3.05, 3.63) is 59.5 Å². The Hall–Kier alpha value is -1.86. The smallest absolute Gasteiger partial charge is 0.0351 e. The first-order chi connectivity index (χ1) is 8.84. The molecule has 1 heterocycles. The standard InChI is InChI=1S/C17H12S/c1-11-10-16-14(8-9-18-16)15-7-6-12-4-2-3-5-13(12)17(11)15/h2-10H,1H3. The second kappa shape index (κ2) is 3.56. The monoisotopic (exact) mass is 248 g/mol. The third-order valence-electron chi connectivity index (χ3n) is 3.66. The normalized spacial score (nSPS) is 11.6. The molecule has 0 bridgehead atoms. The summed E-state index contributed by atoms with van der Waals surface area (Å²) < 4.78 is 1.38. The summed E-state index contributed by atoms with van der Waals surface area (Å²) >= 11 is 1.82. The fourth-order valence-electron chi connectivity index (χ4n) is 2.84. The molecule has 0 fully saturated rings. The van der Waals surface area contributed by atoms with Crippen LogP contribution in [0.5, 0.6) is 0 Å². The summed E-state index contributed by atoms with van der Waals surface area (Å²) in [5.74, 6) is 0. The molecule has 0 saturated heterocycles. The van der Waals surface area contributed by atoms with Crippen molar-refractivity contribution in [1.29, 1.82) is 0 Å². The summed E-state index contributed by atoms with van der Waals surface area (Å²) in [6.45, 7) is 2.22. The van der Waals surface area contributed by atoms with Gasteiger partial charge in [0.15, 0.2) is 0 Å². The molecule has 0 radical (unpaired) electrons. The van der Waals surface area contributed by atoms with Crippen molar-refractivity contribution < 1.29 is 0 Å². The predicted octanol–water partition coefficient (Wildman–Crippen LogP) is 5.52. The van der Waals surface area contributed by atoms with Crippen LogP contribution in [0.3, 0.4) is 0 Å². The molecule has 86 valence electrons. The minimum absolute atomic E-state index is 1.32. The topological polar surface area (TPSA) is 0 Å². The Labute approximate surface area is 109 Å². The van der Waals surface area contributed by atoms with Gasteiger partial charge in [-0.1, -0.05) is 36.4 Å². The van der Waals surface area contributed by atoms with Gasteiger partial charge in [0.1, 0.15) is 0 Å². The molecule has 0 spiro atoms. The molecule has 0 N–H and O–H groups in total. The van der Waals surface area contributed by atoms with Crippen molar-refractivity contribution in [2.24, 2.45) is 0 Å². The molecular weight excluding hydrogens is 236 g/mol. The first-order valence-electron chi connectivity index (χ1n) is 6.13. The van der Waals surface area contributed by atoms with Crippen LogP contribution in [0.2, 0.25) is 0 Å². The molecular formula is C17H12S. The maximum Gasteiger partial charge on any atom is 0.0351 e. The van der Waals surface area contributed by atoms with E-state index < -0.39 is 0 Å². The average molecular weight is 248 g/mol. The van der Waals surface area contributed by atoms with Crippen LogP contribution >= 0.6 is 11.3 Å². The zero-order valence-corrected chi connectivity index (χ0v) is 10.9. The summed E-state index contributed by atoms with van der Waals surface area (Å²) in [4.78, 5) is 0. The van der Waals surface area contributed by atoms with E-state index in [0.29, 0.717) is 0 Å². The van der Waals surface area contributed by atoms with Crippen LogP contribution in [0, 0.1) is 6.92 Å². The molecule has 1 aromatic heterocycles. The molecule has 0 aliphatic heterocycles. The van der Waals surface area contributed by atoms with Crippen LogP contribution in [-0.2, 0) is 0 Å². The molecule has 0 aliphatic carbocycles. The van der Waals surface area contributed by atoms with E-state index in [1.807, 2.05) is 11.3 Å². The van der Waals surface area contributed by atoms with Gasteiger partial charge in [-0.05, 0) is 51.5 Å². The van der Waals surface area contributed by atoms with Gasteiger partial charge >= 0.3 is 0 Å². The zero-order chi connectivity index (χ0) is 12.1. The van der Waals surface area contributed by atoms with Crippen molar-refractivity contribution in [1.82, 2.24) is 0 Å². The van der Waals surface area contributed by atoms with Crippen molar-refractivity contribution in [3.63, 3.8) is 0 Å². The highest BCUT2D eigenvalue weighted by Crippen LogP contribution is 2.35. The van der Waals surface area contributed by atoms with Gasteiger partial charge < -0.3 is 0 Å². The lowest BCUT2D eigenvalue weighted by Gasteiger charge is -2.08. The molecule has 1 heteroatoms. The van der Waals surface area contributed by atoms with Crippen molar-refractivity contribution in [3.8, 4) is 0 Å². The molecule has 0 aliphatic rings. The highest BCUT2D eigenvalue weighted by molar-refractivity contribution is 7.17. The van der Waals surface area contributed by atoms with Crippen molar-refractivity contribution >= 4 is 43.0 Å². The zero-order valence-electron chi connectivity index (χ0n) is 10.1. The largest absolute Gasteiger partial charge is 0.144 e. The maximum absolute atomic E-state index is 2.31. The molecule has 4 rings (SSSR count). The molecule has 0 amide bonds. The van der Waals surface area contributed by atoms with E-state index in [-0.39, 0.29) is 0 Å². The highest BCUT2D eigenvalue weighted by Gasteiger charge is 2.07. The van der Waals surface area contributed by atoms with Gasteiger partial charge in [0.05, 0.1) is 0 Å². The van der Waals surface area contributed by atoms with Crippen molar-refractivity contribution in [2.45, 2.75) is 6.92 Å². The number of rotatable bonds is 0. The van der Waals surface area contributed by atoms with Crippen LogP contribution in [-0.4, -0.2) is 0 Å². The first-order valence-corrected chi connectivity index (χ1v) is 7.01. The van der Waals surface area contributed by atoms with Gasteiger partial charge in [-0.25, -0.2) is 0 Å². The number of benzene rings is 3. The van der Waals surface area contributed by atoms with Crippen molar-refractivity contribution in [2.75, 3.05) is 0 Å². The third kappa shape index (κ3) is 1.25. The second-order valence-electron chi connectivity index (χ2n) is 4.74. The maximum atomic E-state index is 2.31. The van der Waals surface area contributed by atoms with Crippen LogP contribution in [0.25, 0.3) is 31.6 Å². The number of aryl methyl sites for hydroxylation is 1. The molecule has 0 unspecified atom stereocenters. The molecule has 3 aromatic carbocycles. The number of hydrogen-bond donors (Lipinski definition) is 0. The molecule has 0 atom stereocenters. The van der Waals surface area contributed by atoms with Gasteiger partial charge in [-0.15, -0.1) is 11.3 Å². The minimum Gasteiger partial charge on any atom is -0.144 e. The fraction of sp³-hybridized carbons (Fsp3) is 0.0588. The molecule has 4 aromatic rings. The Bertz CT molecular complexity index is 884. The van der Waals surface area contributed by atoms with Gasteiger partial charge in [-0.2, -0.15) is 0 Å². The van der Waals surface area contributed by atoms with Gasteiger partial charge in [0, 0.05) is 10.1 Å². The fourth-order valence-corrected chi connectivity index (χ4v) is 3.75. The quantitative estimate of drug-likeness (QED) is 0.360. The SMILES string of the molecule is Cc1cc2sccc2c2ccc3ccccc3c12. The number of fused-ring (bicyclic) bond motifs is 5. The summed E-state index contributed by atoms with van der Waals surface area (Å²) in [6, 6.07) is 17.7. The number of thiophene rings is 1. The van der Waals surface area contributed by atoms with Crippen LogP contribution in [0.1, 0.15) is 5.56 Å². The summed E-state index contributed by atoms with van der Waals surface area (Å²) in [5, 5.41) is 9.03. The highest BCUT2D eigenvalue weighted by atomic mass is 32.1. The lowest BCUT2D eigenvalue weighted by molar-refractivity contribution is 1.58. The first kappa shape index (κ1) is 10.1. The minimum atomic E-state index is 1.32. The van der Waals surface area contributed by atoms with E-state index in [0.717, 1.165) is 0 Å². The molecule has 18 heavy (non-hydrogen) atoms. The summed E-state index contributed by atoms with van der Waals surface area (Å²) in [7, 11) is 0. The van der Waals surface area contributed by atoms with Gasteiger partial charge in [0.2, 0.25) is 0 Å². The predicted molar refractivity (Wildman–Crippen MR) is 81.6 cm³/mol. The Balaban J connectivity index is 2.38. The van der Waals surface area contributed by atoms with Gasteiger partial charge in [-0.3, -0.25) is 0 Å². The van der Waals surface area contributed by atoms with E-state index in [2.05, 4.69) is 60.8 Å². The van der Waals surface area contributed by atoms with E-state index in [4.69, 9.17) is 0 Å². The number of hydrogen-bond acceptors (Lipinski definition) is 1. The van der Waals surface area contributed by atoms with E-state index in [1.54, 1.807) is 0 Å². The summed E-state index contributed by atoms with van der Waals surface area (Å²) in [6.07, 6.45) is 0.